The largest absolute Gasteiger partial charge is 0.389 e. The van der Waals surface area contributed by atoms with E-state index in [0.717, 1.165) is 32.5 Å². The van der Waals surface area contributed by atoms with Crippen LogP contribution in [0.2, 0.25) is 0 Å². The fraction of sp³-hybridized carbons (Fsp3) is 1.00. The molecule has 0 heterocycles. The summed E-state index contributed by atoms with van der Waals surface area (Å²) in [5.41, 5.74) is -0.406. The molecule has 0 spiro atoms. The second-order valence-electron chi connectivity index (χ2n) is 5.61. The highest BCUT2D eigenvalue weighted by molar-refractivity contribution is 4.88. The molecule has 1 N–H and O–H groups in total. The molecule has 3 nitrogen and oxygen atoms in total. The Morgan fingerprint density at radius 3 is 2.25 bits per heavy atom. The summed E-state index contributed by atoms with van der Waals surface area (Å²) in [6, 6.07) is 0.518. The fourth-order valence-corrected chi connectivity index (χ4v) is 2.79. The van der Waals surface area contributed by atoms with Crippen LogP contribution in [-0.2, 0) is 0 Å². The van der Waals surface area contributed by atoms with Gasteiger partial charge in [-0.15, -0.1) is 0 Å². The molecule has 1 aliphatic rings. The van der Waals surface area contributed by atoms with Crippen LogP contribution < -0.4 is 0 Å². The van der Waals surface area contributed by atoms with Crippen LogP contribution in [0.1, 0.15) is 39.5 Å². The van der Waals surface area contributed by atoms with Crippen molar-refractivity contribution in [3.8, 4) is 0 Å². The molecule has 1 unspecified atom stereocenters. The molecule has 0 saturated heterocycles. The SMILES string of the molecule is CCN(CC1(O)CCCC1)C(C)CN(C)C. The van der Waals surface area contributed by atoms with E-state index in [-0.39, 0.29) is 0 Å². The molecule has 0 bridgehead atoms. The average molecular weight is 228 g/mol. The third kappa shape index (κ3) is 4.04. The molecule has 1 aliphatic carbocycles. The lowest BCUT2D eigenvalue weighted by Gasteiger charge is -2.35. The van der Waals surface area contributed by atoms with Crippen molar-refractivity contribution in [1.29, 1.82) is 0 Å². The van der Waals surface area contributed by atoms with Crippen LogP contribution in [0.3, 0.4) is 0 Å². The van der Waals surface area contributed by atoms with Gasteiger partial charge < -0.3 is 10.0 Å². The molecule has 1 atom stereocenters. The molecule has 1 fully saturated rings. The average Bonchev–Trinajstić information content (AvgIpc) is 2.61. The summed E-state index contributed by atoms with van der Waals surface area (Å²) < 4.78 is 0. The Balaban J connectivity index is 2.47. The van der Waals surface area contributed by atoms with Crippen molar-refractivity contribution in [2.75, 3.05) is 33.7 Å². The lowest BCUT2D eigenvalue weighted by molar-refractivity contribution is -0.00254. The third-order valence-electron chi connectivity index (χ3n) is 3.69. The van der Waals surface area contributed by atoms with Crippen LogP contribution in [0.5, 0.6) is 0 Å². The number of likely N-dealkylation sites (N-methyl/N-ethyl adjacent to an activating group) is 2. The van der Waals surface area contributed by atoms with E-state index in [0.29, 0.717) is 6.04 Å². The molecule has 0 aromatic heterocycles. The van der Waals surface area contributed by atoms with Crippen molar-refractivity contribution in [3.63, 3.8) is 0 Å². The Morgan fingerprint density at radius 2 is 1.81 bits per heavy atom. The van der Waals surface area contributed by atoms with E-state index in [1.165, 1.54) is 12.8 Å². The van der Waals surface area contributed by atoms with E-state index in [4.69, 9.17) is 0 Å². The van der Waals surface area contributed by atoms with E-state index in [1.807, 2.05) is 0 Å². The monoisotopic (exact) mass is 228 g/mol. The molecule has 3 heteroatoms. The second kappa shape index (κ2) is 5.99. The maximum absolute atomic E-state index is 10.4. The minimum Gasteiger partial charge on any atom is -0.389 e. The highest BCUT2D eigenvalue weighted by Crippen LogP contribution is 2.30. The van der Waals surface area contributed by atoms with Crippen molar-refractivity contribution in [2.24, 2.45) is 0 Å². The fourth-order valence-electron chi connectivity index (χ4n) is 2.79. The molecule has 1 rings (SSSR count). The minimum atomic E-state index is -0.406. The molecule has 16 heavy (non-hydrogen) atoms. The maximum atomic E-state index is 10.4. The minimum absolute atomic E-state index is 0.406. The normalized spacial score (nSPS) is 21.9. The Labute approximate surface area is 100 Å². The van der Waals surface area contributed by atoms with Gasteiger partial charge in [0, 0.05) is 19.1 Å². The summed E-state index contributed by atoms with van der Waals surface area (Å²) in [4.78, 5) is 4.62. The Hall–Kier alpha value is -0.120. The van der Waals surface area contributed by atoms with Crippen LogP contribution in [0.15, 0.2) is 0 Å². The van der Waals surface area contributed by atoms with Gasteiger partial charge in [0.15, 0.2) is 0 Å². The lowest BCUT2D eigenvalue weighted by Crippen LogP contribution is -2.48. The van der Waals surface area contributed by atoms with Crippen molar-refractivity contribution < 1.29 is 5.11 Å². The Kier molecular flexibility index (Phi) is 5.22. The first-order chi connectivity index (χ1) is 7.47. The first-order valence-electron chi connectivity index (χ1n) is 6.58. The van der Waals surface area contributed by atoms with Gasteiger partial charge in [-0.3, -0.25) is 4.90 Å². The number of nitrogens with zero attached hydrogens (tertiary/aromatic N) is 2. The molecule has 0 radical (unpaired) electrons. The van der Waals surface area contributed by atoms with E-state index >= 15 is 0 Å². The van der Waals surface area contributed by atoms with Gasteiger partial charge >= 0.3 is 0 Å². The summed E-state index contributed by atoms with van der Waals surface area (Å²) in [5.74, 6) is 0. The zero-order chi connectivity index (χ0) is 12.2. The van der Waals surface area contributed by atoms with E-state index < -0.39 is 5.60 Å². The smallest absolute Gasteiger partial charge is 0.0774 e. The number of hydrogen-bond acceptors (Lipinski definition) is 3. The van der Waals surface area contributed by atoms with Crippen molar-refractivity contribution in [3.05, 3.63) is 0 Å². The summed E-state index contributed by atoms with van der Waals surface area (Å²) >= 11 is 0. The summed E-state index contributed by atoms with van der Waals surface area (Å²) in [7, 11) is 4.21. The van der Waals surface area contributed by atoms with Gasteiger partial charge in [0.1, 0.15) is 0 Å². The van der Waals surface area contributed by atoms with Gasteiger partial charge in [0.05, 0.1) is 5.60 Å². The molecule has 0 amide bonds. The van der Waals surface area contributed by atoms with Gasteiger partial charge in [-0.1, -0.05) is 19.8 Å². The summed E-state index contributed by atoms with van der Waals surface area (Å²) in [5, 5.41) is 10.4. The van der Waals surface area contributed by atoms with Gasteiger partial charge in [0.2, 0.25) is 0 Å². The van der Waals surface area contributed by atoms with Crippen LogP contribution in [0, 0.1) is 0 Å². The first kappa shape index (κ1) is 13.9. The van der Waals surface area contributed by atoms with Crippen molar-refractivity contribution in [2.45, 2.75) is 51.2 Å². The molecular formula is C13H28N2O. The standard InChI is InChI=1S/C13H28N2O/c1-5-15(12(2)10-14(3)4)11-13(16)8-6-7-9-13/h12,16H,5-11H2,1-4H3. The number of rotatable bonds is 6. The Morgan fingerprint density at radius 1 is 1.25 bits per heavy atom. The van der Waals surface area contributed by atoms with Crippen LogP contribution in [0.4, 0.5) is 0 Å². The second-order valence-corrected chi connectivity index (χ2v) is 5.61. The maximum Gasteiger partial charge on any atom is 0.0774 e. The van der Waals surface area contributed by atoms with Crippen LogP contribution >= 0.6 is 0 Å². The predicted octanol–water partition coefficient (Wildman–Crippen LogP) is 1.56. The first-order valence-corrected chi connectivity index (χ1v) is 6.58. The van der Waals surface area contributed by atoms with Crippen LogP contribution in [0.25, 0.3) is 0 Å². The number of hydrogen-bond donors (Lipinski definition) is 1. The number of aliphatic hydroxyl groups is 1. The lowest BCUT2D eigenvalue weighted by atomic mass is 10.0. The summed E-state index contributed by atoms with van der Waals surface area (Å²) in [6.45, 7) is 7.37. The molecule has 0 aromatic carbocycles. The molecule has 96 valence electrons. The third-order valence-corrected chi connectivity index (χ3v) is 3.69. The molecule has 1 saturated carbocycles. The van der Waals surface area contributed by atoms with Crippen molar-refractivity contribution in [1.82, 2.24) is 9.80 Å². The molecular weight excluding hydrogens is 200 g/mol. The quantitative estimate of drug-likeness (QED) is 0.747. The van der Waals surface area contributed by atoms with E-state index in [1.54, 1.807) is 0 Å². The predicted molar refractivity (Wildman–Crippen MR) is 68.7 cm³/mol. The Bertz CT molecular complexity index is 200. The molecule has 0 aromatic rings. The topological polar surface area (TPSA) is 26.7 Å². The van der Waals surface area contributed by atoms with E-state index in [9.17, 15) is 5.11 Å². The zero-order valence-electron chi connectivity index (χ0n) is 11.4. The summed E-state index contributed by atoms with van der Waals surface area (Å²) in [6.07, 6.45) is 4.35. The van der Waals surface area contributed by atoms with Crippen molar-refractivity contribution >= 4 is 0 Å². The van der Waals surface area contributed by atoms with Gasteiger partial charge in [0.25, 0.3) is 0 Å². The molecule has 0 aliphatic heterocycles. The van der Waals surface area contributed by atoms with Crippen LogP contribution in [-0.4, -0.2) is 60.3 Å². The zero-order valence-corrected chi connectivity index (χ0v) is 11.4. The highest BCUT2D eigenvalue weighted by atomic mass is 16.3. The highest BCUT2D eigenvalue weighted by Gasteiger charge is 2.33. The van der Waals surface area contributed by atoms with Gasteiger partial charge in [-0.2, -0.15) is 0 Å². The van der Waals surface area contributed by atoms with Gasteiger partial charge in [-0.05, 0) is 40.4 Å². The van der Waals surface area contributed by atoms with Gasteiger partial charge in [-0.25, -0.2) is 0 Å². The van der Waals surface area contributed by atoms with E-state index in [2.05, 4.69) is 37.7 Å².